The molecule has 138 valence electrons. The number of halogens is 4. The fraction of sp³-hybridized carbons (Fsp3) is 0.235. The van der Waals surface area contributed by atoms with Gasteiger partial charge in [-0.25, -0.2) is 9.38 Å². The first-order valence-electron chi connectivity index (χ1n) is 7.45. The van der Waals surface area contributed by atoms with Crippen LogP contribution in [-0.2, 0) is 0 Å². The van der Waals surface area contributed by atoms with Gasteiger partial charge < -0.3 is 9.84 Å². The molecule has 1 atom stereocenters. The number of thioether (sulfide) groups is 1. The summed E-state index contributed by atoms with van der Waals surface area (Å²) in [5.41, 5.74) is -2.72. The smallest absolute Gasteiger partial charge is 0.437 e. The van der Waals surface area contributed by atoms with Gasteiger partial charge in [-0.3, -0.25) is 4.90 Å². The fourth-order valence-corrected chi connectivity index (χ4v) is 3.60. The van der Waals surface area contributed by atoms with Crippen LogP contribution in [0, 0.1) is 5.82 Å². The summed E-state index contributed by atoms with van der Waals surface area (Å²) in [6.45, 7) is 0. The van der Waals surface area contributed by atoms with Crippen molar-refractivity contribution in [3.05, 3.63) is 54.3 Å². The van der Waals surface area contributed by atoms with Crippen LogP contribution < -0.4 is 9.64 Å². The minimum absolute atomic E-state index is 0.0402. The summed E-state index contributed by atoms with van der Waals surface area (Å²) < 4.78 is 58.7. The lowest BCUT2D eigenvalue weighted by Gasteiger charge is -2.35. The fourth-order valence-electron chi connectivity index (χ4n) is 2.42. The van der Waals surface area contributed by atoms with Crippen molar-refractivity contribution in [1.82, 2.24) is 0 Å². The number of benzene rings is 2. The average Bonchev–Trinajstić information content (AvgIpc) is 2.95. The first kappa shape index (κ1) is 18.5. The summed E-state index contributed by atoms with van der Waals surface area (Å²) in [7, 11) is 1.44. The molecule has 1 aliphatic heterocycles. The van der Waals surface area contributed by atoms with Crippen LogP contribution in [0.25, 0.3) is 0 Å². The van der Waals surface area contributed by atoms with Crippen molar-refractivity contribution in [2.24, 2.45) is 4.99 Å². The molecular formula is C17H14F4N2O2S. The molecule has 1 fully saturated rings. The zero-order valence-corrected chi connectivity index (χ0v) is 14.3. The molecule has 1 aliphatic rings. The summed E-state index contributed by atoms with van der Waals surface area (Å²) in [5.74, 6) is -0.650. The normalized spacial score (nSPS) is 22.1. The monoisotopic (exact) mass is 386 g/mol. The Kier molecular flexibility index (Phi) is 4.85. The van der Waals surface area contributed by atoms with Gasteiger partial charge in [-0.1, -0.05) is 11.8 Å². The highest BCUT2D eigenvalue weighted by Crippen LogP contribution is 2.46. The van der Waals surface area contributed by atoms with E-state index in [-0.39, 0.29) is 16.5 Å². The van der Waals surface area contributed by atoms with E-state index in [1.54, 1.807) is 0 Å². The predicted molar refractivity (Wildman–Crippen MR) is 92.4 cm³/mol. The molecule has 0 spiro atoms. The van der Waals surface area contributed by atoms with E-state index >= 15 is 0 Å². The zero-order valence-electron chi connectivity index (χ0n) is 13.5. The molecule has 0 amide bonds. The van der Waals surface area contributed by atoms with Crippen molar-refractivity contribution < 1.29 is 27.4 Å². The van der Waals surface area contributed by atoms with Crippen molar-refractivity contribution in [2.45, 2.75) is 11.9 Å². The highest BCUT2D eigenvalue weighted by atomic mass is 32.2. The molecule has 0 aromatic heterocycles. The number of alkyl halides is 3. The first-order chi connectivity index (χ1) is 12.2. The average molecular weight is 386 g/mol. The van der Waals surface area contributed by atoms with Crippen molar-refractivity contribution in [1.29, 1.82) is 0 Å². The molecule has 0 aliphatic carbocycles. The Bertz CT molecular complexity index is 809. The second kappa shape index (κ2) is 6.81. The Balaban J connectivity index is 2.07. The van der Waals surface area contributed by atoms with Crippen molar-refractivity contribution in [3.63, 3.8) is 0 Å². The number of hydrogen-bond donors (Lipinski definition) is 1. The maximum Gasteiger partial charge on any atom is 0.437 e. The SMILES string of the molecule is COc1ccc(N2C(=Nc3ccc(F)cc3)SCC2(O)C(F)(F)F)cc1. The molecule has 0 radical (unpaired) electrons. The number of aliphatic imine (C=N–C) groups is 1. The van der Waals surface area contributed by atoms with Crippen LogP contribution in [0.5, 0.6) is 5.75 Å². The zero-order chi connectivity index (χ0) is 18.9. The second-order valence-corrected chi connectivity index (χ2v) is 6.45. The number of amidine groups is 1. The number of ether oxygens (including phenoxy) is 1. The third-order valence-corrected chi connectivity index (χ3v) is 4.88. The molecule has 1 unspecified atom stereocenters. The van der Waals surface area contributed by atoms with Gasteiger partial charge in [-0.15, -0.1) is 0 Å². The number of methoxy groups -OCH3 is 1. The standard InChI is InChI=1S/C17H14F4N2O2S/c1-25-14-8-6-13(7-9-14)23-15(22-12-4-2-11(18)3-5-12)26-10-16(23,24)17(19,20)21/h2-9,24H,10H2,1H3. The number of rotatable bonds is 3. The van der Waals surface area contributed by atoms with Crippen LogP contribution >= 0.6 is 11.8 Å². The molecule has 0 saturated carbocycles. The number of aliphatic hydroxyl groups is 1. The Labute approximate surface area is 151 Å². The summed E-state index contributed by atoms with van der Waals surface area (Å²) >= 11 is 0.769. The molecule has 26 heavy (non-hydrogen) atoms. The van der Waals surface area contributed by atoms with E-state index in [0.29, 0.717) is 5.75 Å². The molecule has 2 aromatic carbocycles. The van der Waals surface area contributed by atoms with Gasteiger partial charge in [0.05, 0.1) is 18.6 Å². The number of anilines is 1. The van der Waals surface area contributed by atoms with E-state index in [4.69, 9.17) is 4.74 Å². The molecule has 1 heterocycles. The van der Waals surface area contributed by atoms with Gasteiger partial charge in [0.2, 0.25) is 0 Å². The molecule has 3 rings (SSSR count). The van der Waals surface area contributed by atoms with Crippen molar-refractivity contribution >= 4 is 28.3 Å². The highest BCUT2D eigenvalue weighted by molar-refractivity contribution is 8.14. The van der Waals surface area contributed by atoms with Gasteiger partial charge in [0, 0.05) is 5.69 Å². The van der Waals surface area contributed by atoms with E-state index < -0.39 is 23.5 Å². The van der Waals surface area contributed by atoms with Crippen LogP contribution in [0.3, 0.4) is 0 Å². The van der Waals surface area contributed by atoms with Gasteiger partial charge in [0.15, 0.2) is 5.17 Å². The van der Waals surface area contributed by atoms with Gasteiger partial charge in [0.25, 0.3) is 5.72 Å². The molecule has 1 saturated heterocycles. The van der Waals surface area contributed by atoms with Crippen LogP contribution in [0.4, 0.5) is 28.9 Å². The van der Waals surface area contributed by atoms with Gasteiger partial charge >= 0.3 is 6.18 Å². The molecular weight excluding hydrogens is 372 g/mol. The highest BCUT2D eigenvalue weighted by Gasteiger charge is 2.62. The van der Waals surface area contributed by atoms with Gasteiger partial charge in [-0.2, -0.15) is 13.2 Å². The van der Waals surface area contributed by atoms with Crippen LogP contribution in [-0.4, -0.2) is 35.0 Å². The lowest BCUT2D eigenvalue weighted by Crippen LogP contribution is -2.58. The Morgan fingerprint density at radius 3 is 2.27 bits per heavy atom. The van der Waals surface area contributed by atoms with Crippen molar-refractivity contribution in [3.8, 4) is 5.75 Å². The molecule has 0 bridgehead atoms. The number of hydrogen-bond acceptors (Lipinski definition) is 4. The molecule has 4 nitrogen and oxygen atoms in total. The maximum atomic E-state index is 13.6. The van der Waals surface area contributed by atoms with E-state index in [9.17, 15) is 22.7 Å². The minimum atomic E-state index is -4.90. The molecule has 1 N–H and O–H groups in total. The van der Waals surface area contributed by atoms with Gasteiger partial charge in [0.1, 0.15) is 11.6 Å². The predicted octanol–water partition coefficient (Wildman–Crippen LogP) is 4.33. The Morgan fingerprint density at radius 1 is 1.12 bits per heavy atom. The van der Waals surface area contributed by atoms with Gasteiger partial charge in [-0.05, 0) is 48.5 Å². The Hall–Kier alpha value is -2.26. The number of nitrogens with zero attached hydrogens (tertiary/aromatic N) is 2. The second-order valence-electron chi connectivity index (χ2n) is 5.51. The van der Waals surface area contributed by atoms with Crippen LogP contribution in [0.2, 0.25) is 0 Å². The summed E-state index contributed by atoms with van der Waals surface area (Å²) in [6.07, 6.45) is -4.90. The summed E-state index contributed by atoms with van der Waals surface area (Å²) in [5, 5.41) is 10.3. The molecule has 9 heteroatoms. The van der Waals surface area contributed by atoms with E-state index in [1.807, 2.05) is 0 Å². The summed E-state index contributed by atoms with van der Waals surface area (Å²) in [6, 6.07) is 10.8. The quantitative estimate of drug-likeness (QED) is 0.798. The van der Waals surface area contributed by atoms with E-state index in [2.05, 4.69) is 4.99 Å². The van der Waals surface area contributed by atoms with E-state index in [0.717, 1.165) is 28.8 Å². The molecule has 2 aromatic rings. The first-order valence-corrected chi connectivity index (χ1v) is 8.43. The third-order valence-electron chi connectivity index (χ3n) is 3.80. The van der Waals surface area contributed by atoms with Crippen LogP contribution in [0.1, 0.15) is 0 Å². The maximum absolute atomic E-state index is 13.6. The largest absolute Gasteiger partial charge is 0.497 e. The van der Waals surface area contributed by atoms with Crippen LogP contribution in [0.15, 0.2) is 53.5 Å². The van der Waals surface area contributed by atoms with Crippen molar-refractivity contribution in [2.75, 3.05) is 17.8 Å². The summed E-state index contributed by atoms with van der Waals surface area (Å²) in [4.78, 5) is 4.89. The third kappa shape index (κ3) is 3.36. The Morgan fingerprint density at radius 2 is 1.73 bits per heavy atom. The lowest BCUT2D eigenvalue weighted by molar-refractivity contribution is -0.244. The van der Waals surface area contributed by atoms with E-state index in [1.165, 1.54) is 43.5 Å². The lowest BCUT2D eigenvalue weighted by atomic mass is 10.1. The topological polar surface area (TPSA) is 45.1 Å². The minimum Gasteiger partial charge on any atom is -0.497 e.